The number of alkyl halides is 6. The van der Waals surface area contributed by atoms with Crippen LogP contribution in [0.15, 0.2) is 12.8 Å². The zero-order valence-electron chi connectivity index (χ0n) is 9.91. The minimum Gasteiger partial charge on any atom is -0.481 e. The van der Waals surface area contributed by atoms with Crippen LogP contribution in [0.3, 0.4) is 0 Å². The Labute approximate surface area is 109 Å². The van der Waals surface area contributed by atoms with Gasteiger partial charge in [0.2, 0.25) is 6.41 Å². The molecule has 1 N–H and O–H groups in total. The fourth-order valence-corrected chi connectivity index (χ4v) is 1.32. The van der Waals surface area contributed by atoms with Crippen LogP contribution in [0, 0.1) is 5.92 Å². The number of carboxylic acid groups (broad SMARTS) is 1. The molecule has 1 amide bonds. The first-order valence-corrected chi connectivity index (χ1v) is 5.10. The van der Waals surface area contributed by atoms with Crippen molar-refractivity contribution in [1.82, 2.24) is 4.90 Å². The second-order valence-corrected chi connectivity index (χ2v) is 3.89. The van der Waals surface area contributed by atoms with Crippen molar-refractivity contribution in [3.05, 3.63) is 12.8 Å². The second-order valence-electron chi connectivity index (χ2n) is 3.89. The number of halogens is 6. The number of carbonyl (C=O) groups is 2. The van der Waals surface area contributed by atoms with Gasteiger partial charge >= 0.3 is 12.1 Å². The Bertz CT molecular complexity index is 362. The molecule has 0 aromatic rings. The van der Waals surface area contributed by atoms with Crippen LogP contribution in [0.25, 0.3) is 0 Å². The maximum absolute atomic E-state index is 13.1. The molecule has 0 fully saturated rings. The Kier molecular flexibility index (Phi) is 6.04. The van der Waals surface area contributed by atoms with E-state index in [1.807, 2.05) is 0 Å². The minimum absolute atomic E-state index is 0.0533. The molecule has 0 aromatic carbocycles. The summed E-state index contributed by atoms with van der Waals surface area (Å²) in [6.45, 7) is 2.23. The summed E-state index contributed by atoms with van der Waals surface area (Å²) < 4.78 is 74.5. The molecule has 0 aromatic heterocycles. The molecule has 0 saturated heterocycles. The van der Waals surface area contributed by atoms with Crippen LogP contribution in [-0.4, -0.2) is 47.2 Å². The lowest BCUT2D eigenvalue weighted by molar-refractivity contribution is -0.248. The lowest BCUT2D eigenvalue weighted by atomic mass is 9.97. The average Bonchev–Trinajstić information content (AvgIpc) is 2.31. The van der Waals surface area contributed by atoms with Gasteiger partial charge in [-0.3, -0.25) is 9.59 Å². The summed E-state index contributed by atoms with van der Waals surface area (Å²) in [6, 6.07) is 0. The topological polar surface area (TPSA) is 57.6 Å². The number of hydrogen-bond acceptors (Lipinski definition) is 2. The largest absolute Gasteiger partial charge is 0.481 e. The van der Waals surface area contributed by atoms with Crippen LogP contribution in [0.2, 0.25) is 0 Å². The molecule has 0 aliphatic carbocycles. The maximum atomic E-state index is 13.1. The van der Waals surface area contributed by atoms with Crippen molar-refractivity contribution < 1.29 is 41.0 Å². The van der Waals surface area contributed by atoms with Crippen LogP contribution in [0.1, 0.15) is 6.42 Å². The molecular formula is C10H11F6NO3. The van der Waals surface area contributed by atoms with E-state index in [9.17, 15) is 35.9 Å². The smallest absolute Gasteiger partial charge is 0.425 e. The van der Waals surface area contributed by atoms with Gasteiger partial charge in [-0.2, -0.15) is 13.2 Å². The predicted molar refractivity (Wildman–Crippen MR) is 54.6 cm³/mol. The van der Waals surface area contributed by atoms with E-state index < -0.39 is 43.1 Å². The van der Waals surface area contributed by atoms with Crippen LogP contribution in [-0.2, 0) is 9.59 Å². The van der Waals surface area contributed by atoms with Crippen molar-refractivity contribution in [2.75, 3.05) is 6.54 Å². The van der Waals surface area contributed by atoms with Crippen LogP contribution >= 0.6 is 0 Å². The van der Waals surface area contributed by atoms with Gasteiger partial charge in [-0.1, -0.05) is 6.58 Å². The first kappa shape index (κ1) is 18.3. The molecule has 4 nitrogen and oxygen atoms in total. The van der Waals surface area contributed by atoms with E-state index in [1.165, 1.54) is 0 Å². The molecule has 0 aliphatic rings. The number of carboxylic acids is 1. The Morgan fingerprint density at radius 1 is 1.30 bits per heavy atom. The van der Waals surface area contributed by atoms with Crippen molar-refractivity contribution in [3.63, 3.8) is 0 Å². The van der Waals surface area contributed by atoms with Gasteiger partial charge in [0.25, 0.3) is 12.1 Å². The summed E-state index contributed by atoms with van der Waals surface area (Å²) in [4.78, 5) is 21.6. The second kappa shape index (κ2) is 6.62. The molecule has 0 radical (unpaired) electrons. The fraction of sp³-hybridized carbons (Fsp3) is 0.600. The van der Waals surface area contributed by atoms with E-state index in [4.69, 9.17) is 5.11 Å². The summed E-state index contributed by atoms with van der Waals surface area (Å²) in [7, 11) is 0. The van der Waals surface area contributed by atoms with E-state index in [0.717, 1.165) is 6.20 Å². The normalized spacial score (nSPS) is 15.3. The molecule has 20 heavy (non-hydrogen) atoms. The molecule has 0 heterocycles. The number of hydrogen-bond donors (Lipinski definition) is 1. The summed E-state index contributed by atoms with van der Waals surface area (Å²) in [5, 5.41) is 8.65. The highest BCUT2D eigenvalue weighted by atomic mass is 19.4. The van der Waals surface area contributed by atoms with E-state index in [0.29, 0.717) is 4.90 Å². The minimum atomic E-state index is -5.81. The highest BCUT2D eigenvalue weighted by molar-refractivity contribution is 5.71. The first-order chi connectivity index (χ1) is 8.95. The zero-order chi connectivity index (χ0) is 16.1. The SMILES string of the molecule is C=CN(C=O)CC(CC(F)(F)C(F)C(F)(F)F)C(=O)O. The van der Waals surface area contributed by atoms with E-state index >= 15 is 0 Å². The Hall–Kier alpha value is -1.74. The Morgan fingerprint density at radius 3 is 2.10 bits per heavy atom. The number of nitrogens with zero attached hydrogens (tertiary/aromatic N) is 1. The number of carbonyl (C=O) groups excluding carboxylic acids is 1. The van der Waals surface area contributed by atoms with Crippen molar-refractivity contribution >= 4 is 12.4 Å². The molecule has 0 spiro atoms. The Morgan fingerprint density at radius 2 is 1.80 bits per heavy atom. The summed E-state index contributed by atoms with van der Waals surface area (Å²) in [6.07, 6.45) is -11.3. The fourth-order valence-electron chi connectivity index (χ4n) is 1.32. The van der Waals surface area contributed by atoms with Gasteiger partial charge in [0.1, 0.15) is 0 Å². The van der Waals surface area contributed by atoms with Gasteiger partial charge in [0, 0.05) is 13.0 Å². The summed E-state index contributed by atoms with van der Waals surface area (Å²) >= 11 is 0. The predicted octanol–water partition coefficient (Wildman–Crippen LogP) is 2.21. The molecular weight excluding hydrogens is 296 g/mol. The lowest BCUT2D eigenvalue weighted by Crippen LogP contribution is -2.45. The number of aliphatic carboxylic acids is 1. The molecule has 0 saturated carbocycles. The van der Waals surface area contributed by atoms with Gasteiger partial charge in [0.15, 0.2) is 0 Å². The number of rotatable bonds is 8. The molecule has 0 rings (SSSR count). The summed E-state index contributed by atoms with van der Waals surface area (Å²) in [5.74, 6) is -8.88. The standard InChI is InChI=1S/C10H11F6NO3/c1-2-17(5-18)4-6(7(19)20)3-9(12,13)8(11)10(14,15)16/h2,5-6,8H,1,3-4H2,(H,19,20). The van der Waals surface area contributed by atoms with Crippen LogP contribution in [0.4, 0.5) is 26.3 Å². The molecule has 2 unspecified atom stereocenters. The van der Waals surface area contributed by atoms with Crippen LogP contribution < -0.4 is 0 Å². The lowest BCUT2D eigenvalue weighted by Gasteiger charge is -2.26. The first-order valence-electron chi connectivity index (χ1n) is 5.10. The molecule has 10 heteroatoms. The third-order valence-electron chi connectivity index (χ3n) is 2.33. The molecule has 0 bridgehead atoms. The van der Waals surface area contributed by atoms with Gasteiger partial charge in [0.05, 0.1) is 5.92 Å². The maximum Gasteiger partial charge on any atom is 0.425 e. The third kappa shape index (κ3) is 5.10. The van der Waals surface area contributed by atoms with E-state index in [1.54, 1.807) is 0 Å². The monoisotopic (exact) mass is 307 g/mol. The van der Waals surface area contributed by atoms with Gasteiger partial charge < -0.3 is 10.0 Å². The Balaban J connectivity index is 5.03. The third-order valence-corrected chi connectivity index (χ3v) is 2.33. The van der Waals surface area contributed by atoms with Gasteiger partial charge in [-0.25, -0.2) is 13.2 Å². The van der Waals surface area contributed by atoms with Crippen molar-refractivity contribution in [2.45, 2.75) is 24.7 Å². The van der Waals surface area contributed by atoms with Crippen molar-refractivity contribution in [1.29, 1.82) is 0 Å². The van der Waals surface area contributed by atoms with Crippen molar-refractivity contribution in [2.24, 2.45) is 5.92 Å². The van der Waals surface area contributed by atoms with E-state index in [2.05, 4.69) is 6.58 Å². The highest BCUT2D eigenvalue weighted by Crippen LogP contribution is 2.38. The quantitative estimate of drug-likeness (QED) is 0.552. The molecule has 116 valence electrons. The number of amides is 1. The molecule has 2 atom stereocenters. The highest BCUT2D eigenvalue weighted by Gasteiger charge is 2.57. The summed E-state index contributed by atoms with van der Waals surface area (Å²) in [5.41, 5.74) is 0. The average molecular weight is 307 g/mol. The van der Waals surface area contributed by atoms with Gasteiger partial charge in [-0.05, 0) is 6.20 Å². The van der Waals surface area contributed by atoms with Gasteiger partial charge in [-0.15, -0.1) is 0 Å². The van der Waals surface area contributed by atoms with E-state index in [-0.39, 0.29) is 6.41 Å². The molecule has 0 aliphatic heterocycles. The van der Waals surface area contributed by atoms with Crippen molar-refractivity contribution in [3.8, 4) is 0 Å². The van der Waals surface area contributed by atoms with Crippen LogP contribution in [0.5, 0.6) is 0 Å². The zero-order valence-corrected chi connectivity index (χ0v) is 9.91.